The van der Waals surface area contributed by atoms with Crippen LogP contribution in [0.3, 0.4) is 0 Å². The minimum atomic E-state index is -0.801. The molecule has 2 aliphatic heterocycles. The van der Waals surface area contributed by atoms with Gasteiger partial charge in [0.2, 0.25) is 12.5 Å². The van der Waals surface area contributed by atoms with E-state index in [4.69, 9.17) is 33.2 Å². The molecule has 1 aromatic heterocycles. The van der Waals surface area contributed by atoms with Gasteiger partial charge < -0.3 is 33.2 Å². The number of ether oxygens (including phenoxy) is 7. The first kappa shape index (κ1) is 29.0. The van der Waals surface area contributed by atoms with Crippen molar-refractivity contribution in [2.75, 3.05) is 34.7 Å². The van der Waals surface area contributed by atoms with Crippen molar-refractivity contribution in [3.8, 4) is 40.0 Å². The summed E-state index contributed by atoms with van der Waals surface area (Å²) in [5.41, 5.74) is 3.64. The number of nitrogens with zero attached hydrogens (tertiary/aromatic N) is 3. The molecule has 0 amide bonds. The highest BCUT2D eigenvalue weighted by molar-refractivity contribution is 9.10. The van der Waals surface area contributed by atoms with Gasteiger partial charge in [-0.3, -0.25) is 9.59 Å². The fourth-order valence-electron chi connectivity index (χ4n) is 6.41. The van der Waals surface area contributed by atoms with E-state index >= 15 is 0 Å². The molecule has 0 saturated carbocycles. The molecule has 0 spiro atoms. The van der Waals surface area contributed by atoms with Crippen LogP contribution in [-0.2, 0) is 25.6 Å². The Morgan fingerprint density at radius 2 is 1.71 bits per heavy atom. The maximum absolute atomic E-state index is 13.4. The highest BCUT2D eigenvalue weighted by Gasteiger charge is 2.54. The summed E-state index contributed by atoms with van der Waals surface area (Å²) in [6, 6.07) is 14.9. The van der Waals surface area contributed by atoms with Crippen molar-refractivity contribution in [3.05, 3.63) is 75.9 Å². The number of benzene rings is 3. The first-order valence-electron chi connectivity index (χ1n) is 14.1. The number of fused-ring (bicyclic) bond motifs is 3. The third-order valence-corrected chi connectivity index (χ3v) is 8.87. The van der Waals surface area contributed by atoms with Crippen LogP contribution in [0.1, 0.15) is 28.7 Å². The Kier molecular flexibility index (Phi) is 7.48. The first-order valence-corrected chi connectivity index (χ1v) is 14.9. The van der Waals surface area contributed by atoms with Crippen molar-refractivity contribution in [1.29, 1.82) is 0 Å². The Labute approximate surface area is 266 Å². The smallest absolute Gasteiger partial charge is 0.328 e. The van der Waals surface area contributed by atoms with Gasteiger partial charge in [-0.25, -0.2) is 4.68 Å². The molecule has 12 nitrogen and oxygen atoms in total. The normalized spacial score (nSPS) is 21.0. The summed E-state index contributed by atoms with van der Waals surface area (Å²) < 4.78 is 42.3. The second-order valence-corrected chi connectivity index (χ2v) is 11.7. The van der Waals surface area contributed by atoms with Crippen LogP contribution in [0.4, 0.5) is 0 Å². The lowest BCUT2D eigenvalue weighted by Crippen LogP contribution is -2.37. The number of hydrogen-bond donors (Lipinski definition) is 0. The molecule has 0 bridgehead atoms. The van der Waals surface area contributed by atoms with Crippen molar-refractivity contribution in [3.63, 3.8) is 0 Å². The van der Waals surface area contributed by atoms with Crippen LogP contribution < -0.4 is 23.7 Å². The standard InChI is InChI=1S/C32H28BrN3O9/c1-39-25-8-17(9-26(40-2)31(25)41-3)28-19-10-23-24(44-15-43-23)11-20(19)30(21-14-42-32(38)29(21)28)45-27(37)13-36-12-22(34-35-36)16-5-4-6-18(33)7-16/h4-12,21,28-30H,13-15H2,1-3H3/t21-,28+,29-,30-/m0/s1. The number of hydrogen-bond acceptors (Lipinski definition) is 11. The van der Waals surface area contributed by atoms with E-state index in [0.29, 0.717) is 40.0 Å². The van der Waals surface area contributed by atoms with Gasteiger partial charge in [-0.2, -0.15) is 0 Å². The number of esters is 2. The van der Waals surface area contributed by atoms with Crippen molar-refractivity contribution < 1.29 is 42.7 Å². The average Bonchev–Trinajstić information content (AvgIpc) is 3.80. The fourth-order valence-corrected chi connectivity index (χ4v) is 6.81. The molecule has 0 N–H and O–H groups in total. The number of rotatable bonds is 8. The van der Waals surface area contributed by atoms with E-state index in [9.17, 15) is 9.59 Å². The molecule has 0 radical (unpaired) electrons. The molecule has 0 unspecified atom stereocenters. The van der Waals surface area contributed by atoms with Gasteiger partial charge >= 0.3 is 11.9 Å². The number of halogens is 1. The maximum Gasteiger partial charge on any atom is 0.328 e. The summed E-state index contributed by atoms with van der Waals surface area (Å²) in [6.07, 6.45) is 0.881. The topological polar surface area (TPSA) is 129 Å². The monoisotopic (exact) mass is 677 g/mol. The van der Waals surface area contributed by atoms with Crippen LogP contribution in [0.2, 0.25) is 0 Å². The number of carbonyl (C=O) groups is 2. The number of methoxy groups -OCH3 is 3. The minimum absolute atomic E-state index is 0.0546. The Hall–Kier alpha value is -4.78. The summed E-state index contributed by atoms with van der Waals surface area (Å²) in [5.74, 6) is -0.210. The highest BCUT2D eigenvalue weighted by Crippen LogP contribution is 2.56. The molecule has 1 fully saturated rings. The summed E-state index contributed by atoms with van der Waals surface area (Å²) in [5, 5.41) is 8.33. The third-order valence-electron chi connectivity index (χ3n) is 8.37. The summed E-state index contributed by atoms with van der Waals surface area (Å²) in [6.45, 7) is -0.0501. The van der Waals surface area contributed by atoms with E-state index in [0.717, 1.165) is 21.2 Å². The zero-order chi connectivity index (χ0) is 31.2. The SMILES string of the molecule is COc1cc([C@@H]2c3cc4c(cc3[C@H](OC(=O)Cn3cc(-c5cccc(Br)c5)nn3)[C@H]3COC(=O)[C@H]23)OCO4)cc(OC)c1OC. The lowest BCUT2D eigenvalue weighted by atomic mass is 9.66. The van der Waals surface area contributed by atoms with Gasteiger partial charge in [-0.1, -0.05) is 33.3 Å². The predicted octanol–water partition coefficient (Wildman–Crippen LogP) is 4.68. The van der Waals surface area contributed by atoms with Crippen molar-refractivity contribution >= 4 is 27.9 Å². The molecule has 3 aromatic carbocycles. The van der Waals surface area contributed by atoms with E-state index in [1.807, 2.05) is 48.5 Å². The molecule has 1 aliphatic carbocycles. The van der Waals surface area contributed by atoms with Gasteiger partial charge in [0, 0.05) is 27.4 Å². The Bertz CT molecular complexity index is 1780. The Balaban J connectivity index is 1.26. The van der Waals surface area contributed by atoms with Crippen LogP contribution in [0.15, 0.2) is 59.2 Å². The van der Waals surface area contributed by atoms with Crippen LogP contribution in [0, 0.1) is 11.8 Å². The van der Waals surface area contributed by atoms with E-state index in [1.54, 1.807) is 6.20 Å². The number of cyclic esters (lactones) is 1. The van der Waals surface area contributed by atoms with Gasteiger partial charge in [0.25, 0.3) is 0 Å². The Morgan fingerprint density at radius 3 is 2.40 bits per heavy atom. The summed E-state index contributed by atoms with van der Waals surface area (Å²) >= 11 is 3.46. The largest absolute Gasteiger partial charge is 0.493 e. The molecule has 232 valence electrons. The van der Waals surface area contributed by atoms with Crippen LogP contribution >= 0.6 is 15.9 Å². The second kappa shape index (κ2) is 11.6. The third kappa shape index (κ3) is 5.10. The first-order chi connectivity index (χ1) is 21.9. The lowest BCUT2D eigenvalue weighted by molar-refractivity contribution is -0.155. The summed E-state index contributed by atoms with van der Waals surface area (Å²) in [7, 11) is 4.60. The molecular formula is C32H28BrN3O9. The molecule has 3 aliphatic rings. The quantitative estimate of drug-likeness (QED) is 0.241. The fraction of sp³-hybridized carbons (Fsp3) is 0.312. The van der Waals surface area contributed by atoms with Gasteiger partial charge in [0.05, 0.1) is 40.1 Å². The van der Waals surface area contributed by atoms with Crippen molar-refractivity contribution in [2.45, 2.75) is 18.6 Å². The van der Waals surface area contributed by atoms with E-state index in [2.05, 4.69) is 26.2 Å². The van der Waals surface area contributed by atoms with Gasteiger partial charge in [0.15, 0.2) is 23.0 Å². The minimum Gasteiger partial charge on any atom is -0.493 e. The molecule has 3 heterocycles. The molecule has 45 heavy (non-hydrogen) atoms. The number of aromatic nitrogens is 3. The average molecular weight is 678 g/mol. The zero-order valence-electron chi connectivity index (χ0n) is 24.5. The van der Waals surface area contributed by atoms with E-state index < -0.39 is 35.8 Å². The Morgan fingerprint density at radius 1 is 0.978 bits per heavy atom. The van der Waals surface area contributed by atoms with E-state index in [-0.39, 0.29) is 19.9 Å². The van der Waals surface area contributed by atoms with Gasteiger partial charge in [-0.05, 0) is 47.5 Å². The molecule has 4 atom stereocenters. The second-order valence-electron chi connectivity index (χ2n) is 10.8. The molecule has 7 rings (SSSR count). The van der Waals surface area contributed by atoms with E-state index in [1.165, 1.54) is 26.0 Å². The van der Waals surface area contributed by atoms with Crippen molar-refractivity contribution in [1.82, 2.24) is 15.0 Å². The van der Waals surface area contributed by atoms with Crippen LogP contribution in [0.5, 0.6) is 28.7 Å². The zero-order valence-corrected chi connectivity index (χ0v) is 26.1. The predicted molar refractivity (Wildman–Crippen MR) is 160 cm³/mol. The molecule has 13 heteroatoms. The van der Waals surface area contributed by atoms with Crippen molar-refractivity contribution in [2.24, 2.45) is 11.8 Å². The molecular weight excluding hydrogens is 650 g/mol. The molecule has 4 aromatic rings. The maximum atomic E-state index is 13.4. The lowest BCUT2D eigenvalue weighted by Gasteiger charge is -2.38. The van der Waals surface area contributed by atoms with Gasteiger partial charge in [0.1, 0.15) is 18.3 Å². The molecule has 1 saturated heterocycles. The highest BCUT2D eigenvalue weighted by atomic mass is 79.9. The number of carbonyl (C=O) groups excluding carboxylic acids is 2. The van der Waals surface area contributed by atoms with Gasteiger partial charge in [-0.15, -0.1) is 5.10 Å². The van der Waals surface area contributed by atoms with Crippen LogP contribution in [-0.4, -0.2) is 61.7 Å². The van der Waals surface area contributed by atoms with Crippen LogP contribution in [0.25, 0.3) is 11.3 Å². The summed E-state index contributed by atoms with van der Waals surface area (Å²) in [4.78, 5) is 26.9.